The van der Waals surface area contributed by atoms with Crippen molar-refractivity contribution in [3.63, 3.8) is 0 Å². The summed E-state index contributed by atoms with van der Waals surface area (Å²) in [6.45, 7) is 4.80. The third-order valence-electron chi connectivity index (χ3n) is 5.90. The Morgan fingerprint density at radius 3 is 2.63 bits per heavy atom. The first-order chi connectivity index (χ1) is 13.2. The van der Waals surface area contributed by atoms with E-state index in [4.69, 9.17) is 0 Å². The number of carbonyl (C=O) groups is 1. The van der Waals surface area contributed by atoms with Crippen LogP contribution >= 0.6 is 0 Å². The van der Waals surface area contributed by atoms with E-state index in [2.05, 4.69) is 26.7 Å². The normalized spacial score (nSPS) is 20.9. The van der Waals surface area contributed by atoms with Gasteiger partial charge in [0, 0.05) is 26.1 Å². The second-order valence-electron chi connectivity index (χ2n) is 7.86. The largest absolute Gasteiger partial charge is 0.342 e. The highest BCUT2D eigenvalue weighted by Crippen LogP contribution is 2.26. The summed E-state index contributed by atoms with van der Waals surface area (Å²) in [5.74, 6) is 2.56. The van der Waals surface area contributed by atoms with Crippen LogP contribution < -0.4 is 0 Å². The van der Waals surface area contributed by atoms with Crippen molar-refractivity contribution in [3.8, 4) is 0 Å². The number of likely N-dealkylation sites (tertiary alicyclic amines) is 2. The predicted molar refractivity (Wildman–Crippen MR) is 104 cm³/mol. The molecule has 1 aromatic heterocycles. The van der Waals surface area contributed by atoms with Crippen LogP contribution in [-0.2, 0) is 24.8 Å². The van der Waals surface area contributed by atoms with Crippen LogP contribution in [-0.4, -0.2) is 56.7 Å². The molecule has 2 aliphatic heterocycles. The second-order valence-corrected chi connectivity index (χ2v) is 7.86. The Morgan fingerprint density at radius 2 is 1.85 bits per heavy atom. The number of aromatic nitrogens is 3. The van der Waals surface area contributed by atoms with Crippen LogP contribution in [0.5, 0.6) is 0 Å². The number of rotatable bonds is 5. The smallest absolute Gasteiger partial charge is 0.227 e. The van der Waals surface area contributed by atoms with Crippen LogP contribution in [0.25, 0.3) is 0 Å². The molecule has 0 radical (unpaired) electrons. The molecule has 2 fully saturated rings. The van der Waals surface area contributed by atoms with E-state index in [9.17, 15) is 4.79 Å². The Morgan fingerprint density at radius 1 is 1.07 bits per heavy atom. The van der Waals surface area contributed by atoms with Gasteiger partial charge in [-0.3, -0.25) is 9.69 Å². The van der Waals surface area contributed by atoms with Gasteiger partial charge in [-0.15, -0.1) is 10.2 Å². The minimum atomic E-state index is 0.213. The summed E-state index contributed by atoms with van der Waals surface area (Å²) in [7, 11) is 2.07. The van der Waals surface area contributed by atoms with E-state index in [0.29, 0.717) is 6.42 Å². The van der Waals surface area contributed by atoms with Gasteiger partial charge in [0.25, 0.3) is 0 Å². The quantitative estimate of drug-likeness (QED) is 0.814. The van der Waals surface area contributed by atoms with Gasteiger partial charge in [-0.2, -0.15) is 0 Å². The monoisotopic (exact) mass is 367 g/mol. The second kappa shape index (κ2) is 8.21. The Labute approximate surface area is 161 Å². The van der Waals surface area contributed by atoms with E-state index in [0.717, 1.165) is 62.8 Å². The molecule has 2 aliphatic rings. The van der Waals surface area contributed by atoms with Gasteiger partial charge in [-0.25, -0.2) is 0 Å². The van der Waals surface area contributed by atoms with Gasteiger partial charge in [-0.05, 0) is 44.3 Å². The van der Waals surface area contributed by atoms with Crippen molar-refractivity contribution in [1.82, 2.24) is 24.6 Å². The Bertz CT molecular complexity index is 766. The summed E-state index contributed by atoms with van der Waals surface area (Å²) in [5, 5.41) is 8.97. The summed E-state index contributed by atoms with van der Waals surface area (Å²) in [6.07, 6.45) is 5.15. The van der Waals surface area contributed by atoms with Gasteiger partial charge >= 0.3 is 0 Å². The van der Waals surface area contributed by atoms with Gasteiger partial charge in [0.2, 0.25) is 5.91 Å². The summed E-state index contributed by atoms with van der Waals surface area (Å²) in [5.41, 5.74) is 1.08. The van der Waals surface area contributed by atoms with E-state index >= 15 is 0 Å². The SMILES string of the molecule is Cn1c(CN2CCCC2)nnc1C1CCCN(C(=O)Cc2ccccc2)C1. The highest BCUT2D eigenvalue weighted by molar-refractivity contribution is 5.78. The van der Waals surface area contributed by atoms with Gasteiger partial charge in [0.05, 0.1) is 13.0 Å². The first-order valence-electron chi connectivity index (χ1n) is 10.1. The van der Waals surface area contributed by atoms with Gasteiger partial charge in [0.15, 0.2) is 0 Å². The number of carbonyl (C=O) groups excluding carboxylic acids is 1. The van der Waals surface area contributed by atoms with Crippen molar-refractivity contribution in [2.24, 2.45) is 7.05 Å². The molecule has 0 spiro atoms. The number of benzene rings is 1. The lowest BCUT2D eigenvalue weighted by molar-refractivity contribution is -0.131. The van der Waals surface area contributed by atoms with Crippen LogP contribution in [0.2, 0.25) is 0 Å². The lowest BCUT2D eigenvalue weighted by atomic mass is 9.96. The third kappa shape index (κ3) is 4.21. The standard InChI is InChI=1S/C21H29N5O/c1-24-19(16-25-11-5-6-12-25)22-23-21(24)18-10-7-13-26(15-18)20(27)14-17-8-3-2-4-9-17/h2-4,8-9,18H,5-7,10-16H2,1H3. The summed E-state index contributed by atoms with van der Waals surface area (Å²) in [4.78, 5) is 17.2. The molecule has 0 N–H and O–H groups in total. The van der Waals surface area contributed by atoms with Gasteiger partial charge < -0.3 is 9.47 Å². The Hall–Kier alpha value is -2.21. The van der Waals surface area contributed by atoms with Crippen LogP contribution in [0.1, 0.15) is 48.8 Å². The van der Waals surface area contributed by atoms with Crippen LogP contribution in [0.4, 0.5) is 0 Å². The molecule has 6 nitrogen and oxygen atoms in total. The van der Waals surface area contributed by atoms with Crippen molar-refractivity contribution in [3.05, 3.63) is 47.5 Å². The zero-order valence-electron chi connectivity index (χ0n) is 16.2. The summed E-state index contributed by atoms with van der Waals surface area (Å²) < 4.78 is 2.16. The minimum absolute atomic E-state index is 0.213. The molecule has 0 bridgehead atoms. The maximum Gasteiger partial charge on any atom is 0.227 e. The fourth-order valence-corrected chi connectivity index (χ4v) is 4.31. The fraction of sp³-hybridized carbons (Fsp3) is 0.571. The van der Waals surface area contributed by atoms with Crippen LogP contribution in [0.15, 0.2) is 30.3 Å². The fourth-order valence-electron chi connectivity index (χ4n) is 4.31. The molecule has 27 heavy (non-hydrogen) atoms. The van der Waals surface area contributed by atoms with E-state index in [1.165, 1.54) is 12.8 Å². The molecule has 6 heteroatoms. The van der Waals surface area contributed by atoms with Crippen molar-refractivity contribution < 1.29 is 4.79 Å². The van der Waals surface area contributed by atoms with E-state index in [-0.39, 0.29) is 11.8 Å². The van der Waals surface area contributed by atoms with Gasteiger partial charge in [0.1, 0.15) is 11.6 Å². The minimum Gasteiger partial charge on any atom is -0.342 e. The first-order valence-corrected chi connectivity index (χ1v) is 10.1. The molecule has 3 heterocycles. The Kier molecular flexibility index (Phi) is 5.53. The van der Waals surface area contributed by atoms with Crippen LogP contribution in [0, 0.1) is 0 Å². The van der Waals surface area contributed by atoms with E-state index < -0.39 is 0 Å². The number of piperidine rings is 1. The molecule has 144 valence electrons. The number of hydrogen-bond donors (Lipinski definition) is 0. The molecule has 2 aromatic rings. The van der Waals surface area contributed by atoms with E-state index in [1.54, 1.807) is 0 Å². The molecule has 4 rings (SSSR count). The average Bonchev–Trinajstić information content (AvgIpc) is 3.33. The maximum absolute atomic E-state index is 12.7. The number of amides is 1. The summed E-state index contributed by atoms with van der Waals surface area (Å²) >= 11 is 0. The molecule has 1 unspecified atom stereocenters. The molecule has 0 saturated carbocycles. The Balaban J connectivity index is 1.40. The van der Waals surface area contributed by atoms with E-state index in [1.807, 2.05) is 35.2 Å². The summed E-state index contributed by atoms with van der Waals surface area (Å²) in [6, 6.07) is 10.0. The molecule has 2 saturated heterocycles. The topological polar surface area (TPSA) is 54.3 Å². The molecule has 1 atom stereocenters. The van der Waals surface area contributed by atoms with Crippen molar-refractivity contribution in [2.45, 2.75) is 44.6 Å². The molecular formula is C21H29N5O. The van der Waals surface area contributed by atoms with Gasteiger partial charge in [-0.1, -0.05) is 30.3 Å². The van der Waals surface area contributed by atoms with Crippen molar-refractivity contribution in [2.75, 3.05) is 26.2 Å². The third-order valence-corrected chi connectivity index (χ3v) is 5.90. The lowest BCUT2D eigenvalue weighted by Gasteiger charge is -2.32. The number of nitrogens with zero attached hydrogens (tertiary/aromatic N) is 5. The average molecular weight is 367 g/mol. The van der Waals surface area contributed by atoms with Crippen molar-refractivity contribution >= 4 is 5.91 Å². The zero-order valence-corrected chi connectivity index (χ0v) is 16.2. The first kappa shape index (κ1) is 18.2. The molecular weight excluding hydrogens is 338 g/mol. The molecule has 1 aromatic carbocycles. The highest BCUT2D eigenvalue weighted by atomic mass is 16.2. The predicted octanol–water partition coefficient (Wildman–Crippen LogP) is 2.36. The maximum atomic E-state index is 12.7. The highest BCUT2D eigenvalue weighted by Gasteiger charge is 2.28. The lowest BCUT2D eigenvalue weighted by Crippen LogP contribution is -2.40. The van der Waals surface area contributed by atoms with Crippen LogP contribution in [0.3, 0.4) is 0 Å². The molecule has 1 amide bonds. The van der Waals surface area contributed by atoms with Crippen molar-refractivity contribution in [1.29, 1.82) is 0 Å². The number of hydrogen-bond acceptors (Lipinski definition) is 4. The molecule has 0 aliphatic carbocycles. The zero-order chi connectivity index (χ0) is 18.6.